The van der Waals surface area contributed by atoms with Gasteiger partial charge in [0, 0.05) is 17.5 Å². The first-order valence-electron chi connectivity index (χ1n) is 7.39. The molecule has 2 amide bonds. The molecule has 4 nitrogen and oxygen atoms in total. The molecule has 0 fully saturated rings. The molecular formula is C17H23N3OS. The van der Waals surface area contributed by atoms with Crippen molar-refractivity contribution in [2.45, 2.75) is 19.0 Å². The van der Waals surface area contributed by atoms with Gasteiger partial charge in [0.15, 0.2) is 0 Å². The molecule has 0 saturated heterocycles. The Hall–Kier alpha value is -1.85. The summed E-state index contributed by atoms with van der Waals surface area (Å²) in [5.41, 5.74) is 1.23. The topological polar surface area (TPSA) is 44.4 Å². The van der Waals surface area contributed by atoms with Crippen molar-refractivity contribution in [2.24, 2.45) is 0 Å². The number of urea groups is 1. The molecule has 0 aliphatic carbocycles. The largest absolute Gasteiger partial charge is 0.334 e. The monoisotopic (exact) mass is 317 g/mol. The Morgan fingerprint density at radius 1 is 1.18 bits per heavy atom. The second kappa shape index (κ2) is 8.56. The van der Waals surface area contributed by atoms with Gasteiger partial charge in [-0.25, -0.2) is 4.79 Å². The Labute approximate surface area is 136 Å². The first kappa shape index (κ1) is 16.5. The summed E-state index contributed by atoms with van der Waals surface area (Å²) in [5, 5.41) is 8.00. The van der Waals surface area contributed by atoms with Crippen LogP contribution in [-0.2, 0) is 13.0 Å². The molecule has 1 aromatic carbocycles. The van der Waals surface area contributed by atoms with Crippen LogP contribution in [0.5, 0.6) is 0 Å². The fourth-order valence-electron chi connectivity index (χ4n) is 2.32. The third-order valence-corrected chi connectivity index (χ3v) is 4.13. The zero-order valence-corrected chi connectivity index (χ0v) is 13.9. The molecule has 0 aliphatic heterocycles. The number of likely N-dealkylation sites (N-methyl/N-ethyl adjacent to an activating group) is 1. The number of amides is 2. The number of hydrogen-bond donors (Lipinski definition) is 2. The molecular weight excluding hydrogens is 294 g/mol. The van der Waals surface area contributed by atoms with Crippen LogP contribution < -0.4 is 10.6 Å². The van der Waals surface area contributed by atoms with Crippen LogP contribution in [0.2, 0.25) is 0 Å². The van der Waals surface area contributed by atoms with Gasteiger partial charge in [0.05, 0.1) is 6.54 Å². The lowest BCUT2D eigenvalue weighted by Gasteiger charge is -2.22. The first-order chi connectivity index (χ1) is 10.6. The number of thiophene rings is 1. The van der Waals surface area contributed by atoms with Gasteiger partial charge in [-0.1, -0.05) is 36.4 Å². The molecule has 0 spiro atoms. The molecule has 0 saturated carbocycles. The van der Waals surface area contributed by atoms with Gasteiger partial charge in [0.1, 0.15) is 0 Å². The Balaban J connectivity index is 1.86. The summed E-state index contributed by atoms with van der Waals surface area (Å²) in [7, 11) is 4.03. The van der Waals surface area contributed by atoms with Crippen molar-refractivity contribution in [1.29, 1.82) is 0 Å². The minimum absolute atomic E-state index is 0.0840. The molecule has 22 heavy (non-hydrogen) atoms. The lowest BCUT2D eigenvalue weighted by molar-refractivity contribution is 0.232. The summed E-state index contributed by atoms with van der Waals surface area (Å²) in [4.78, 5) is 15.3. The highest BCUT2D eigenvalue weighted by Crippen LogP contribution is 2.07. The van der Waals surface area contributed by atoms with Gasteiger partial charge in [-0.05, 0) is 37.5 Å². The highest BCUT2D eigenvalue weighted by Gasteiger charge is 2.14. The Bertz CT molecular complexity index is 555. The quantitative estimate of drug-likeness (QED) is 0.825. The lowest BCUT2D eigenvalue weighted by Crippen LogP contribution is -2.47. The van der Waals surface area contributed by atoms with E-state index >= 15 is 0 Å². The predicted molar refractivity (Wildman–Crippen MR) is 92.2 cm³/mol. The van der Waals surface area contributed by atoms with Crippen LogP contribution in [0.1, 0.15) is 10.4 Å². The molecule has 0 radical (unpaired) electrons. The van der Waals surface area contributed by atoms with Crippen molar-refractivity contribution in [3.8, 4) is 0 Å². The molecule has 2 N–H and O–H groups in total. The van der Waals surface area contributed by atoms with Crippen LogP contribution in [0.15, 0.2) is 47.8 Å². The molecule has 0 bridgehead atoms. The smallest absolute Gasteiger partial charge is 0.315 e. The summed E-state index contributed by atoms with van der Waals surface area (Å²) in [5.74, 6) is 0. The molecule has 118 valence electrons. The highest BCUT2D eigenvalue weighted by atomic mass is 32.1. The zero-order chi connectivity index (χ0) is 15.8. The molecule has 1 aromatic heterocycles. The SMILES string of the molecule is CN(C)C[C@H](Cc1ccccc1)NC(=O)NCc1cccs1. The molecule has 1 atom stereocenters. The predicted octanol–water partition coefficient (Wildman–Crippen LogP) is 2.72. The zero-order valence-electron chi connectivity index (χ0n) is 13.1. The average molecular weight is 317 g/mol. The van der Waals surface area contributed by atoms with Gasteiger partial charge < -0.3 is 15.5 Å². The third-order valence-electron chi connectivity index (χ3n) is 3.25. The van der Waals surface area contributed by atoms with E-state index in [9.17, 15) is 4.79 Å². The number of nitrogens with zero attached hydrogens (tertiary/aromatic N) is 1. The van der Waals surface area contributed by atoms with E-state index in [0.717, 1.165) is 17.8 Å². The van der Waals surface area contributed by atoms with Gasteiger partial charge in [-0.2, -0.15) is 0 Å². The van der Waals surface area contributed by atoms with E-state index < -0.39 is 0 Å². The van der Waals surface area contributed by atoms with Crippen LogP contribution in [0, 0.1) is 0 Å². The highest BCUT2D eigenvalue weighted by molar-refractivity contribution is 7.09. The summed E-state index contributed by atoms with van der Waals surface area (Å²) >= 11 is 1.65. The van der Waals surface area contributed by atoms with Crippen molar-refractivity contribution in [1.82, 2.24) is 15.5 Å². The maximum Gasteiger partial charge on any atom is 0.315 e. The number of nitrogens with one attached hydrogen (secondary N) is 2. The van der Waals surface area contributed by atoms with E-state index in [-0.39, 0.29) is 12.1 Å². The van der Waals surface area contributed by atoms with E-state index in [2.05, 4.69) is 27.7 Å². The molecule has 2 aromatic rings. The second-order valence-corrected chi connectivity index (χ2v) is 6.59. The number of hydrogen-bond acceptors (Lipinski definition) is 3. The van der Waals surface area contributed by atoms with Crippen LogP contribution in [0.3, 0.4) is 0 Å². The Morgan fingerprint density at radius 3 is 2.59 bits per heavy atom. The number of rotatable bonds is 7. The molecule has 1 heterocycles. The van der Waals surface area contributed by atoms with Crippen LogP contribution in [0.25, 0.3) is 0 Å². The fraction of sp³-hybridized carbons (Fsp3) is 0.353. The normalized spacial score (nSPS) is 12.1. The molecule has 0 unspecified atom stereocenters. The van der Waals surface area contributed by atoms with Crippen LogP contribution in [-0.4, -0.2) is 37.6 Å². The fourth-order valence-corrected chi connectivity index (χ4v) is 2.96. The van der Waals surface area contributed by atoms with Gasteiger partial charge in [0.2, 0.25) is 0 Å². The van der Waals surface area contributed by atoms with Gasteiger partial charge >= 0.3 is 6.03 Å². The van der Waals surface area contributed by atoms with Crippen molar-refractivity contribution in [3.63, 3.8) is 0 Å². The van der Waals surface area contributed by atoms with Gasteiger partial charge in [0.25, 0.3) is 0 Å². The van der Waals surface area contributed by atoms with Crippen molar-refractivity contribution >= 4 is 17.4 Å². The Morgan fingerprint density at radius 2 is 1.95 bits per heavy atom. The molecule has 0 aliphatic rings. The van der Waals surface area contributed by atoms with Crippen molar-refractivity contribution < 1.29 is 4.79 Å². The third kappa shape index (κ3) is 5.87. The summed E-state index contributed by atoms with van der Waals surface area (Å²) in [6, 6.07) is 14.2. The lowest BCUT2D eigenvalue weighted by atomic mass is 10.1. The van der Waals surface area contributed by atoms with E-state index in [4.69, 9.17) is 0 Å². The van der Waals surface area contributed by atoms with Crippen molar-refractivity contribution in [2.75, 3.05) is 20.6 Å². The van der Waals surface area contributed by atoms with E-state index in [0.29, 0.717) is 6.54 Å². The van der Waals surface area contributed by atoms with E-state index in [1.807, 2.05) is 49.8 Å². The van der Waals surface area contributed by atoms with Crippen LogP contribution in [0.4, 0.5) is 4.79 Å². The number of benzene rings is 1. The standard InChI is InChI=1S/C17H23N3OS/c1-20(2)13-15(11-14-7-4-3-5-8-14)19-17(21)18-12-16-9-6-10-22-16/h3-10,15H,11-13H2,1-2H3,(H2,18,19,21)/t15-/m0/s1. The maximum atomic E-state index is 12.1. The molecule has 2 rings (SSSR count). The summed E-state index contributed by atoms with van der Waals surface area (Å²) in [6.45, 7) is 1.38. The Kier molecular flexibility index (Phi) is 6.43. The van der Waals surface area contributed by atoms with E-state index in [1.54, 1.807) is 11.3 Å². The average Bonchev–Trinajstić information content (AvgIpc) is 2.99. The number of carbonyl (C=O) groups is 1. The summed E-state index contributed by atoms with van der Waals surface area (Å²) in [6.07, 6.45) is 0.825. The van der Waals surface area contributed by atoms with Gasteiger partial charge in [-0.15, -0.1) is 11.3 Å². The van der Waals surface area contributed by atoms with Gasteiger partial charge in [-0.3, -0.25) is 0 Å². The van der Waals surface area contributed by atoms with Crippen LogP contribution >= 0.6 is 11.3 Å². The molecule has 5 heteroatoms. The van der Waals surface area contributed by atoms with E-state index in [1.165, 1.54) is 5.56 Å². The minimum atomic E-state index is -0.115. The first-order valence-corrected chi connectivity index (χ1v) is 8.27. The number of carbonyl (C=O) groups excluding carboxylic acids is 1. The second-order valence-electron chi connectivity index (χ2n) is 5.56. The maximum absolute atomic E-state index is 12.1. The van der Waals surface area contributed by atoms with Crippen molar-refractivity contribution in [3.05, 3.63) is 58.3 Å². The summed E-state index contributed by atoms with van der Waals surface area (Å²) < 4.78 is 0. The minimum Gasteiger partial charge on any atom is -0.334 e.